The van der Waals surface area contributed by atoms with E-state index in [2.05, 4.69) is 6.07 Å². The Morgan fingerprint density at radius 2 is 1.72 bits per heavy atom. The summed E-state index contributed by atoms with van der Waals surface area (Å²) in [5, 5.41) is 0. The number of hydrogen-bond donors (Lipinski definition) is 0. The summed E-state index contributed by atoms with van der Waals surface area (Å²) in [6, 6.07) is 4.06. The monoisotopic (exact) mass is 367 g/mol. The van der Waals surface area contributed by atoms with Crippen LogP contribution in [0.2, 0.25) is 0 Å². The lowest BCUT2D eigenvalue weighted by Crippen LogP contribution is -2.49. The molecule has 0 unspecified atom stereocenters. The number of ether oxygens (including phenoxy) is 2. The Labute approximate surface area is 151 Å². The van der Waals surface area contributed by atoms with Crippen LogP contribution in [0.5, 0.6) is 11.5 Å². The van der Waals surface area contributed by atoms with Crippen molar-refractivity contribution in [2.24, 2.45) is 0 Å². The lowest BCUT2D eigenvalue weighted by atomic mass is 9.66. The van der Waals surface area contributed by atoms with Gasteiger partial charge in [0.05, 0.1) is 20.0 Å². The number of benzene rings is 1. The van der Waals surface area contributed by atoms with Crippen LogP contribution in [0.3, 0.4) is 0 Å². The molecule has 5 nitrogen and oxygen atoms in total. The maximum Gasteiger partial charge on any atom is 0.214 e. The van der Waals surface area contributed by atoms with Crippen LogP contribution < -0.4 is 9.47 Å². The molecule has 0 bridgehead atoms. The smallest absolute Gasteiger partial charge is 0.214 e. The zero-order chi connectivity index (χ0) is 18.1. The molecule has 3 rings (SSSR count). The first-order valence-electron chi connectivity index (χ1n) is 9.19. The SMILES string of the molecule is CCCS(=O)(=O)N1Cc2cc(OC)c(OC)cc2C2(CCCCC2)C1. The topological polar surface area (TPSA) is 55.8 Å². The van der Waals surface area contributed by atoms with E-state index in [1.54, 1.807) is 18.5 Å². The summed E-state index contributed by atoms with van der Waals surface area (Å²) in [6.45, 7) is 2.94. The maximum absolute atomic E-state index is 12.8. The van der Waals surface area contributed by atoms with Crippen LogP contribution in [0.1, 0.15) is 56.6 Å². The fraction of sp³-hybridized carbons (Fsp3) is 0.684. The number of methoxy groups -OCH3 is 2. The van der Waals surface area contributed by atoms with Gasteiger partial charge >= 0.3 is 0 Å². The molecule has 1 aliphatic heterocycles. The van der Waals surface area contributed by atoms with E-state index in [4.69, 9.17) is 9.47 Å². The number of fused-ring (bicyclic) bond motifs is 2. The molecule has 0 saturated heterocycles. The zero-order valence-electron chi connectivity index (χ0n) is 15.5. The van der Waals surface area contributed by atoms with Gasteiger partial charge in [-0.15, -0.1) is 0 Å². The fourth-order valence-electron chi connectivity index (χ4n) is 4.45. The van der Waals surface area contributed by atoms with Gasteiger partial charge in [0.1, 0.15) is 0 Å². The van der Waals surface area contributed by atoms with Crippen LogP contribution in [0, 0.1) is 0 Å². The Morgan fingerprint density at radius 3 is 2.32 bits per heavy atom. The molecular weight excluding hydrogens is 338 g/mol. The molecule has 1 aliphatic carbocycles. The van der Waals surface area contributed by atoms with E-state index in [1.165, 1.54) is 12.0 Å². The lowest BCUT2D eigenvalue weighted by molar-refractivity contribution is 0.205. The fourth-order valence-corrected chi connectivity index (χ4v) is 6.01. The molecule has 1 aromatic rings. The Hall–Kier alpha value is -1.27. The van der Waals surface area contributed by atoms with Crippen molar-refractivity contribution < 1.29 is 17.9 Å². The van der Waals surface area contributed by atoms with E-state index < -0.39 is 10.0 Å². The predicted octanol–water partition coefficient (Wildman–Crippen LogP) is 3.46. The summed E-state index contributed by atoms with van der Waals surface area (Å²) in [4.78, 5) is 0. The van der Waals surface area contributed by atoms with E-state index in [0.29, 0.717) is 25.3 Å². The van der Waals surface area contributed by atoms with Crippen molar-refractivity contribution in [3.05, 3.63) is 23.3 Å². The second-order valence-electron chi connectivity index (χ2n) is 7.29. The second-order valence-corrected chi connectivity index (χ2v) is 9.38. The normalized spacial score (nSPS) is 20.3. The molecule has 0 amide bonds. The molecule has 1 fully saturated rings. The molecule has 0 radical (unpaired) electrons. The summed E-state index contributed by atoms with van der Waals surface area (Å²) in [5.74, 6) is 1.61. The van der Waals surface area contributed by atoms with Crippen molar-refractivity contribution in [2.75, 3.05) is 26.5 Å². The third-order valence-electron chi connectivity index (χ3n) is 5.67. The highest BCUT2D eigenvalue weighted by molar-refractivity contribution is 7.89. The third kappa shape index (κ3) is 3.38. The van der Waals surface area contributed by atoms with Gasteiger partial charge in [-0.1, -0.05) is 26.2 Å². The Kier molecular flexibility index (Phi) is 5.30. The summed E-state index contributed by atoms with van der Waals surface area (Å²) in [7, 11) is 0.0460. The van der Waals surface area contributed by atoms with Gasteiger partial charge in [0.25, 0.3) is 0 Å². The standard InChI is InChI=1S/C19H29NO4S/c1-4-10-25(21,22)20-13-15-11-17(23-2)18(24-3)12-16(15)19(14-20)8-6-5-7-9-19/h11-12H,4-10,13-14H2,1-3H3. The van der Waals surface area contributed by atoms with Crippen LogP contribution in [-0.4, -0.2) is 39.2 Å². The molecule has 6 heteroatoms. The van der Waals surface area contributed by atoms with Gasteiger partial charge in [-0.25, -0.2) is 8.42 Å². The number of sulfonamides is 1. The van der Waals surface area contributed by atoms with Gasteiger partial charge in [-0.2, -0.15) is 4.31 Å². The highest BCUT2D eigenvalue weighted by Gasteiger charge is 2.44. The van der Waals surface area contributed by atoms with Crippen molar-refractivity contribution >= 4 is 10.0 Å². The van der Waals surface area contributed by atoms with Gasteiger partial charge in [0.2, 0.25) is 10.0 Å². The van der Waals surface area contributed by atoms with Gasteiger partial charge < -0.3 is 9.47 Å². The molecular formula is C19H29NO4S. The summed E-state index contributed by atoms with van der Waals surface area (Å²) in [6.07, 6.45) is 6.24. The van der Waals surface area contributed by atoms with Crippen molar-refractivity contribution in [2.45, 2.75) is 57.4 Å². The number of rotatable bonds is 5. The van der Waals surface area contributed by atoms with E-state index in [-0.39, 0.29) is 11.2 Å². The Bertz CT molecular complexity index is 723. The average Bonchev–Trinajstić information content (AvgIpc) is 2.61. The van der Waals surface area contributed by atoms with E-state index >= 15 is 0 Å². The molecule has 1 saturated carbocycles. The number of nitrogens with zero attached hydrogens (tertiary/aromatic N) is 1. The largest absolute Gasteiger partial charge is 0.493 e. The van der Waals surface area contributed by atoms with E-state index in [9.17, 15) is 8.42 Å². The van der Waals surface area contributed by atoms with Crippen molar-refractivity contribution in [1.29, 1.82) is 0 Å². The molecule has 25 heavy (non-hydrogen) atoms. The van der Waals surface area contributed by atoms with Crippen LogP contribution in [0.15, 0.2) is 12.1 Å². The van der Waals surface area contributed by atoms with Crippen LogP contribution >= 0.6 is 0 Å². The first-order valence-corrected chi connectivity index (χ1v) is 10.8. The van der Waals surface area contributed by atoms with Crippen LogP contribution in [0.4, 0.5) is 0 Å². The quantitative estimate of drug-likeness (QED) is 0.800. The van der Waals surface area contributed by atoms with E-state index in [1.807, 2.05) is 13.0 Å². The summed E-state index contributed by atoms with van der Waals surface area (Å²) < 4.78 is 38.2. The van der Waals surface area contributed by atoms with Gasteiger partial charge in [-0.05, 0) is 42.5 Å². The van der Waals surface area contributed by atoms with Gasteiger partial charge in [0.15, 0.2) is 11.5 Å². The molecule has 0 N–H and O–H groups in total. The second kappa shape index (κ2) is 7.16. The van der Waals surface area contributed by atoms with Gasteiger partial charge in [-0.3, -0.25) is 0 Å². The van der Waals surface area contributed by atoms with E-state index in [0.717, 1.165) is 37.0 Å². The summed E-state index contributed by atoms with van der Waals surface area (Å²) >= 11 is 0. The van der Waals surface area contributed by atoms with Crippen molar-refractivity contribution in [1.82, 2.24) is 4.31 Å². The molecule has 1 spiro atoms. The Morgan fingerprint density at radius 1 is 1.08 bits per heavy atom. The minimum atomic E-state index is -3.23. The predicted molar refractivity (Wildman–Crippen MR) is 98.8 cm³/mol. The van der Waals surface area contributed by atoms with Crippen LogP contribution in [0.25, 0.3) is 0 Å². The first-order chi connectivity index (χ1) is 12.0. The van der Waals surface area contributed by atoms with Crippen molar-refractivity contribution in [3.8, 4) is 11.5 Å². The Balaban J connectivity index is 2.10. The highest BCUT2D eigenvalue weighted by atomic mass is 32.2. The zero-order valence-corrected chi connectivity index (χ0v) is 16.3. The molecule has 0 atom stereocenters. The lowest BCUT2D eigenvalue weighted by Gasteiger charge is -2.46. The molecule has 1 aromatic carbocycles. The molecule has 2 aliphatic rings. The van der Waals surface area contributed by atoms with Gasteiger partial charge in [0, 0.05) is 18.5 Å². The maximum atomic E-state index is 12.8. The average molecular weight is 368 g/mol. The summed E-state index contributed by atoms with van der Waals surface area (Å²) in [5.41, 5.74) is 2.23. The number of hydrogen-bond acceptors (Lipinski definition) is 4. The highest BCUT2D eigenvalue weighted by Crippen LogP contribution is 2.48. The van der Waals surface area contributed by atoms with Crippen molar-refractivity contribution in [3.63, 3.8) is 0 Å². The minimum Gasteiger partial charge on any atom is -0.493 e. The first kappa shape index (κ1) is 18.5. The molecule has 140 valence electrons. The third-order valence-corrected chi connectivity index (χ3v) is 7.64. The molecule has 1 heterocycles. The molecule has 0 aromatic heterocycles. The minimum absolute atomic E-state index is 0.0911. The van der Waals surface area contributed by atoms with Crippen LogP contribution in [-0.2, 0) is 22.0 Å².